The Bertz CT molecular complexity index is 547. The fourth-order valence-electron chi connectivity index (χ4n) is 3.09. The molecule has 1 aromatic carbocycles. The molecule has 0 N–H and O–H groups in total. The maximum absolute atomic E-state index is 13.3. The predicted molar refractivity (Wildman–Crippen MR) is 94.8 cm³/mol. The van der Waals surface area contributed by atoms with Gasteiger partial charge in [-0.25, -0.2) is 0 Å². The van der Waals surface area contributed by atoms with Crippen LogP contribution < -0.4 is 4.74 Å². The van der Waals surface area contributed by atoms with Crippen LogP contribution >= 0.6 is 7.60 Å². The van der Waals surface area contributed by atoms with E-state index in [1.165, 1.54) is 0 Å². The average molecular weight is 356 g/mol. The fourth-order valence-corrected chi connectivity index (χ4v) is 5.63. The molecule has 0 amide bonds. The monoisotopic (exact) mass is 356 g/mol. The van der Waals surface area contributed by atoms with Crippen LogP contribution in [0.5, 0.6) is 5.75 Å². The van der Waals surface area contributed by atoms with Crippen LogP contribution in [0.15, 0.2) is 24.3 Å². The zero-order valence-electron chi connectivity index (χ0n) is 15.3. The van der Waals surface area contributed by atoms with E-state index in [0.29, 0.717) is 6.61 Å². The third-order valence-electron chi connectivity index (χ3n) is 3.91. The summed E-state index contributed by atoms with van der Waals surface area (Å²) >= 11 is 0. The third-order valence-corrected chi connectivity index (χ3v) is 6.30. The van der Waals surface area contributed by atoms with Crippen molar-refractivity contribution < 1.29 is 23.1 Å². The highest BCUT2D eigenvalue weighted by Crippen LogP contribution is 2.57. The third kappa shape index (κ3) is 4.82. The highest BCUT2D eigenvalue weighted by Gasteiger charge is 2.45. The molecule has 0 bridgehead atoms. The molecule has 0 spiro atoms. The van der Waals surface area contributed by atoms with Gasteiger partial charge in [0.05, 0.1) is 25.5 Å². The molecular weight excluding hydrogens is 327 g/mol. The van der Waals surface area contributed by atoms with Gasteiger partial charge in [-0.3, -0.25) is 4.57 Å². The summed E-state index contributed by atoms with van der Waals surface area (Å²) in [5, 5.41) is 0. The van der Waals surface area contributed by atoms with Crippen molar-refractivity contribution in [3.63, 3.8) is 0 Å². The van der Waals surface area contributed by atoms with Gasteiger partial charge < -0.3 is 18.5 Å². The van der Waals surface area contributed by atoms with Crippen molar-refractivity contribution in [3.8, 4) is 5.75 Å². The van der Waals surface area contributed by atoms with Crippen LogP contribution in [0.25, 0.3) is 0 Å². The Morgan fingerprint density at radius 3 is 2.12 bits per heavy atom. The molecule has 2 rings (SSSR count). The van der Waals surface area contributed by atoms with Crippen molar-refractivity contribution in [3.05, 3.63) is 29.8 Å². The Morgan fingerprint density at radius 1 is 1.12 bits per heavy atom. The van der Waals surface area contributed by atoms with Gasteiger partial charge in [-0.15, -0.1) is 0 Å². The Hall–Kier alpha value is -0.870. The van der Waals surface area contributed by atoms with Gasteiger partial charge in [-0.05, 0) is 58.2 Å². The SMILES string of the molecule is COc1ccc(C2(CP(=O)(OC(C)C)OC(C)C)CCCO2)cc1. The van der Waals surface area contributed by atoms with Crippen LogP contribution in [-0.4, -0.2) is 32.1 Å². The fraction of sp³-hybridized carbons (Fsp3) is 0.667. The molecule has 0 aromatic heterocycles. The van der Waals surface area contributed by atoms with Crippen LogP contribution in [0.4, 0.5) is 0 Å². The molecule has 1 fully saturated rings. The Balaban J connectivity index is 2.32. The molecule has 1 unspecified atom stereocenters. The van der Waals surface area contributed by atoms with Gasteiger partial charge in [0, 0.05) is 6.61 Å². The van der Waals surface area contributed by atoms with Crippen molar-refractivity contribution in [1.29, 1.82) is 0 Å². The lowest BCUT2D eigenvalue weighted by atomic mass is 9.93. The van der Waals surface area contributed by atoms with E-state index in [4.69, 9.17) is 18.5 Å². The molecule has 136 valence electrons. The largest absolute Gasteiger partial charge is 0.497 e. The van der Waals surface area contributed by atoms with E-state index in [1.807, 2.05) is 52.0 Å². The van der Waals surface area contributed by atoms with E-state index < -0.39 is 13.2 Å². The molecule has 0 saturated carbocycles. The lowest BCUT2D eigenvalue weighted by Crippen LogP contribution is -2.31. The van der Waals surface area contributed by atoms with Gasteiger partial charge in [0.1, 0.15) is 11.4 Å². The minimum Gasteiger partial charge on any atom is -0.497 e. The Morgan fingerprint density at radius 2 is 1.71 bits per heavy atom. The molecule has 0 aliphatic carbocycles. The summed E-state index contributed by atoms with van der Waals surface area (Å²) in [6.45, 7) is 8.12. The topological polar surface area (TPSA) is 54.0 Å². The molecule has 5 nitrogen and oxygen atoms in total. The zero-order chi connectivity index (χ0) is 17.8. The first kappa shape index (κ1) is 19.5. The summed E-state index contributed by atoms with van der Waals surface area (Å²) in [4.78, 5) is 0. The first-order valence-corrected chi connectivity index (χ1v) is 10.3. The van der Waals surface area contributed by atoms with Gasteiger partial charge in [-0.1, -0.05) is 12.1 Å². The van der Waals surface area contributed by atoms with E-state index in [9.17, 15) is 4.57 Å². The molecule has 1 atom stereocenters. The van der Waals surface area contributed by atoms with Crippen molar-refractivity contribution in [1.82, 2.24) is 0 Å². The first-order valence-electron chi connectivity index (χ1n) is 8.53. The minimum atomic E-state index is -3.29. The molecule has 1 heterocycles. The Labute approximate surface area is 145 Å². The van der Waals surface area contributed by atoms with E-state index in [1.54, 1.807) is 7.11 Å². The number of benzene rings is 1. The number of hydrogen-bond donors (Lipinski definition) is 0. The Kier molecular flexibility index (Phi) is 6.49. The highest BCUT2D eigenvalue weighted by atomic mass is 31.2. The van der Waals surface area contributed by atoms with Crippen LogP contribution in [-0.2, 0) is 24.0 Å². The number of methoxy groups -OCH3 is 1. The van der Waals surface area contributed by atoms with Crippen LogP contribution in [0.1, 0.15) is 46.1 Å². The molecule has 1 aliphatic rings. The second kappa shape index (κ2) is 8.01. The van der Waals surface area contributed by atoms with E-state index >= 15 is 0 Å². The minimum absolute atomic E-state index is 0.177. The maximum atomic E-state index is 13.3. The number of ether oxygens (including phenoxy) is 2. The average Bonchev–Trinajstić information content (AvgIpc) is 2.94. The second-order valence-electron chi connectivity index (χ2n) is 6.75. The summed E-state index contributed by atoms with van der Waals surface area (Å²) in [6, 6.07) is 7.74. The van der Waals surface area contributed by atoms with Gasteiger partial charge in [-0.2, -0.15) is 0 Å². The van der Waals surface area contributed by atoms with Crippen LogP contribution in [0.2, 0.25) is 0 Å². The quantitative estimate of drug-likeness (QED) is 0.630. The first-order chi connectivity index (χ1) is 11.3. The molecule has 24 heavy (non-hydrogen) atoms. The smallest absolute Gasteiger partial charge is 0.334 e. The molecule has 0 radical (unpaired) electrons. The van der Waals surface area contributed by atoms with Crippen molar-refractivity contribution in [2.24, 2.45) is 0 Å². The molecule has 1 aromatic rings. The van der Waals surface area contributed by atoms with Gasteiger partial charge >= 0.3 is 7.60 Å². The molecular formula is C18H29O5P. The maximum Gasteiger partial charge on any atom is 0.334 e. The molecule has 1 saturated heterocycles. The summed E-state index contributed by atoms with van der Waals surface area (Å²) < 4.78 is 36.1. The summed E-state index contributed by atoms with van der Waals surface area (Å²) in [5.41, 5.74) is 0.353. The van der Waals surface area contributed by atoms with E-state index in [0.717, 1.165) is 24.2 Å². The highest BCUT2D eigenvalue weighted by molar-refractivity contribution is 7.54. The zero-order valence-corrected chi connectivity index (χ0v) is 16.2. The lowest BCUT2D eigenvalue weighted by Gasteiger charge is -2.33. The van der Waals surface area contributed by atoms with Crippen molar-refractivity contribution in [2.45, 2.75) is 58.3 Å². The van der Waals surface area contributed by atoms with Gasteiger partial charge in [0.2, 0.25) is 0 Å². The van der Waals surface area contributed by atoms with Gasteiger partial charge in [0.15, 0.2) is 0 Å². The normalized spacial score (nSPS) is 21.6. The van der Waals surface area contributed by atoms with E-state index in [-0.39, 0.29) is 18.4 Å². The predicted octanol–water partition coefficient (Wildman–Crippen LogP) is 4.74. The number of rotatable bonds is 8. The second-order valence-corrected chi connectivity index (χ2v) is 8.71. The summed E-state index contributed by atoms with van der Waals surface area (Å²) in [5.74, 6) is 0.784. The van der Waals surface area contributed by atoms with Crippen molar-refractivity contribution in [2.75, 3.05) is 19.9 Å². The van der Waals surface area contributed by atoms with Crippen LogP contribution in [0.3, 0.4) is 0 Å². The molecule has 6 heteroatoms. The standard InChI is InChI=1S/C18H29O5P/c1-14(2)22-24(19,23-15(3)4)13-18(11-6-12-21-18)16-7-9-17(20-5)10-8-16/h7-10,14-15H,6,11-13H2,1-5H3. The molecule has 1 aliphatic heterocycles. The van der Waals surface area contributed by atoms with E-state index in [2.05, 4.69) is 0 Å². The van der Waals surface area contributed by atoms with Gasteiger partial charge in [0.25, 0.3) is 0 Å². The van der Waals surface area contributed by atoms with Crippen molar-refractivity contribution >= 4 is 7.60 Å². The summed E-state index contributed by atoms with van der Waals surface area (Å²) in [6.07, 6.45) is 1.59. The number of hydrogen-bond acceptors (Lipinski definition) is 5. The lowest BCUT2D eigenvalue weighted by molar-refractivity contribution is 0.0109. The van der Waals surface area contributed by atoms with Crippen LogP contribution in [0, 0.1) is 0 Å². The summed E-state index contributed by atoms with van der Waals surface area (Å²) in [7, 11) is -1.65.